The second kappa shape index (κ2) is 7.26. The Morgan fingerprint density at radius 2 is 1.84 bits per heavy atom. The molecule has 0 saturated carbocycles. The van der Waals surface area contributed by atoms with Gasteiger partial charge in [0.25, 0.3) is 0 Å². The molecule has 0 atom stereocenters. The third-order valence-corrected chi connectivity index (χ3v) is 4.07. The largest absolute Gasteiger partial charge is 0.438 e. The molecular weight excluding hydrogens is 312 g/mol. The molecule has 0 amide bonds. The fourth-order valence-corrected chi connectivity index (χ4v) is 2.72. The van der Waals surface area contributed by atoms with Crippen LogP contribution in [-0.2, 0) is 4.79 Å². The third kappa shape index (κ3) is 3.74. The summed E-state index contributed by atoms with van der Waals surface area (Å²) < 4.78 is 5.80. The van der Waals surface area contributed by atoms with Crippen molar-refractivity contribution in [1.82, 2.24) is 0 Å². The van der Waals surface area contributed by atoms with Gasteiger partial charge in [-0.05, 0) is 42.8 Å². The first-order valence-electron chi connectivity index (χ1n) is 8.34. The molecule has 3 rings (SSSR count). The Hall–Kier alpha value is -3.01. The number of rotatable bonds is 5. The van der Waals surface area contributed by atoms with E-state index in [4.69, 9.17) is 4.74 Å². The van der Waals surface area contributed by atoms with Crippen molar-refractivity contribution in [2.24, 2.45) is 0 Å². The average molecular weight is 334 g/mol. The smallest absolute Gasteiger partial charge is 0.204 e. The first-order valence-corrected chi connectivity index (χ1v) is 8.34. The van der Waals surface area contributed by atoms with E-state index >= 15 is 0 Å². The molecule has 2 aromatic carbocycles. The van der Waals surface area contributed by atoms with Crippen LogP contribution in [0.2, 0.25) is 0 Å². The van der Waals surface area contributed by atoms with Crippen molar-refractivity contribution < 1.29 is 9.53 Å². The lowest BCUT2D eigenvalue weighted by atomic mass is 10.1. The van der Waals surface area contributed by atoms with E-state index in [1.807, 2.05) is 85.4 Å². The van der Waals surface area contributed by atoms with Crippen molar-refractivity contribution in [3.05, 3.63) is 72.1 Å². The van der Waals surface area contributed by atoms with Crippen molar-refractivity contribution >= 4 is 23.2 Å². The van der Waals surface area contributed by atoms with Crippen LogP contribution in [0.4, 0.5) is 11.4 Å². The van der Waals surface area contributed by atoms with Crippen LogP contribution in [0.5, 0.6) is 5.75 Å². The summed E-state index contributed by atoms with van der Waals surface area (Å²) in [5.41, 5.74) is 3.11. The van der Waals surface area contributed by atoms with Gasteiger partial charge in [0.1, 0.15) is 0 Å². The molecule has 25 heavy (non-hydrogen) atoms. The molecule has 0 fully saturated rings. The molecule has 0 aliphatic carbocycles. The summed E-state index contributed by atoms with van der Waals surface area (Å²) >= 11 is 0. The van der Waals surface area contributed by atoms with E-state index in [2.05, 4.69) is 0 Å². The summed E-state index contributed by atoms with van der Waals surface area (Å²) in [6, 6.07) is 15.8. The predicted molar refractivity (Wildman–Crippen MR) is 103 cm³/mol. The van der Waals surface area contributed by atoms with Crippen LogP contribution in [0.3, 0.4) is 0 Å². The van der Waals surface area contributed by atoms with Crippen molar-refractivity contribution in [3.8, 4) is 5.75 Å². The number of hydrogen-bond donors (Lipinski definition) is 0. The van der Waals surface area contributed by atoms with Gasteiger partial charge in [0.15, 0.2) is 11.5 Å². The Morgan fingerprint density at radius 3 is 2.52 bits per heavy atom. The highest BCUT2D eigenvalue weighted by molar-refractivity contribution is 6.02. The molecule has 0 radical (unpaired) electrons. The normalized spacial score (nSPS) is 14.7. The Morgan fingerprint density at radius 1 is 1.12 bits per heavy atom. The number of fused-ring (bicyclic) bond motifs is 1. The molecule has 0 N–H and O–H groups in total. The minimum atomic E-state index is -0.0991. The minimum Gasteiger partial charge on any atom is -0.438 e. The maximum absolute atomic E-state index is 12.3. The number of ketones is 1. The molecular formula is C21H22N2O2. The summed E-state index contributed by atoms with van der Waals surface area (Å²) in [5.74, 6) is 1.26. The van der Waals surface area contributed by atoms with E-state index in [-0.39, 0.29) is 5.78 Å². The van der Waals surface area contributed by atoms with E-state index in [0.717, 1.165) is 29.2 Å². The summed E-state index contributed by atoms with van der Waals surface area (Å²) in [6.45, 7) is 2.78. The molecule has 4 heteroatoms. The molecule has 0 aromatic heterocycles. The first-order chi connectivity index (χ1) is 12.1. The topological polar surface area (TPSA) is 32.8 Å². The highest BCUT2D eigenvalue weighted by Gasteiger charge is 2.24. The molecule has 2 aromatic rings. The lowest BCUT2D eigenvalue weighted by molar-refractivity contribution is -0.110. The van der Waals surface area contributed by atoms with Gasteiger partial charge in [-0.2, -0.15) is 0 Å². The van der Waals surface area contributed by atoms with E-state index in [1.165, 1.54) is 6.08 Å². The number of para-hydroxylation sites is 2. The number of benzene rings is 2. The summed E-state index contributed by atoms with van der Waals surface area (Å²) in [4.78, 5) is 16.3. The Kier molecular flexibility index (Phi) is 4.89. The van der Waals surface area contributed by atoms with Gasteiger partial charge in [-0.15, -0.1) is 0 Å². The first kappa shape index (κ1) is 16.8. The molecule has 4 nitrogen and oxygen atoms in total. The van der Waals surface area contributed by atoms with Gasteiger partial charge in [0, 0.05) is 32.4 Å². The van der Waals surface area contributed by atoms with Crippen molar-refractivity contribution in [2.45, 2.75) is 6.92 Å². The number of hydrogen-bond acceptors (Lipinski definition) is 4. The second-order valence-corrected chi connectivity index (χ2v) is 6.02. The Bertz CT molecular complexity index is 820. The van der Waals surface area contributed by atoms with Crippen LogP contribution in [0.15, 0.2) is 66.6 Å². The molecule has 128 valence electrons. The summed E-state index contributed by atoms with van der Waals surface area (Å²) in [5, 5.41) is 0. The fourth-order valence-electron chi connectivity index (χ4n) is 2.72. The molecule has 0 spiro atoms. The molecule has 1 aliphatic rings. The maximum Gasteiger partial charge on any atom is 0.204 e. The highest BCUT2D eigenvalue weighted by atomic mass is 16.5. The number of carbonyl (C=O) groups excluding carboxylic acids is 1. The number of nitrogens with zero attached hydrogens (tertiary/aromatic N) is 2. The zero-order valence-electron chi connectivity index (χ0n) is 14.8. The molecule has 1 aliphatic heterocycles. The fraction of sp³-hybridized carbons (Fsp3) is 0.190. The van der Waals surface area contributed by atoms with Crippen molar-refractivity contribution in [2.75, 3.05) is 30.4 Å². The average Bonchev–Trinajstić information content (AvgIpc) is 2.97. The number of allylic oxidation sites excluding steroid dienone is 2. The third-order valence-electron chi connectivity index (χ3n) is 4.07. The lowest BCUT2D eigenvalue weighted by Crippen LogP contribution is -2.20. The standard InChI is InChI=1S/C21H22N2O2/c1-4-23-19-7-5-6-8-20(19)25-21(23)15-18(24)14-11-16-9-12-17(13-10-16)22(2)3/h5-15H,4H2,1-3H3. The van der Waals surface area contributed by atoms with E-state index in [0.29, 0.717) is 5.88 Å². The number of anilines is 2. The summed E-state index contributed by atoms with van der Waals surface area (Å²) in [7, 11) is 4.00. The van der Waals surface area contributed by atoms with E-state index in [1.54, 1.807) is 6.08 Å². The quantitative estimate of drug-likeness (QED) is 0.771. The second-order valence-electron chi connectivity index (χ2n) is 6.02. The van der Waals surface area contributed by atoms with E-state index < -0.39 is 0 Å². The lowest BCUT2D eigenvalue weighted by Gasteiger charge is -2.14. The van der Waals surface area contributed by atoms with Crippen LogP contribution < -0.4 is 14.5 Å². The van der Waals surface area contributed by atoms with Gasteiger partial charge in [-0.3, -0.25) is 4.79 Å². The van der Waals surface area contributed by atoms with Crippen LogP contribution >= 0.6 is 0 Å². The van der Waals surface area contributed by atoms with Gasteiger partial charge >= 0.3 is 0 Å². The van der Waals surface area contributed by atoms with Crippen LogP contribution in [0.1, 0.15) is 12.5 Å². The maximum atomic E-state index is 12.3. The van der Waals surface area contributed by atoms with Crippen LogP contribution in [0.25, 0.3) is 6.08 Å². The zero-order valence-corrected chi connectivity index (χ0v) is 14.8. The van der Waals surface area contributed by atoms with Crippen molar-refractivity contribution in [1.29, 1.82) is 0 Å². The van der Waals surface area contributed by atoms with Gasteiger partial charge < -0.3 is 14.5 Å². The SMILES string of the molecule is CCN1C(=CC(=O)C=Cc2ccc(N(C)C)cc2)Oc2ccccc21. The van der Waals surface area contributed by atoms with Crippen LogP contribution in [-0.4, -0.2) is 26.4 Å². The highest BCUT2D eigenvalue weighted by Crippen LogP contribution is 2.38. The Balaban J connectivity index is 1.72. The van der Waals surface area contributed by atoms with Gasteiger partial charge in [0.2, 0.25) is 5.88 Å². The number of carbonyl (C=O) groups is 1. The molecule has 1 heterocycles. The van der Waals surface area contributed by atoms with Crippen molar-refractivity contribution in [3.63, 3.8) is 0 Å². The minimum absolute atomic E-state index is 0.0991. The van der Waals surface area contributed by atoms with Gasteiger partial charge in [-0.1, -0.05) is 30.3 Å². The molecule has 0 unspecified atom stereocenters. The predicted octanol–water partition coefficient (Wildman–Crippen LogP) is 4.10. The van der Waals surface area contributed by atoms with Gasteiger partial charge in [0.05, 0.1) is 5.69 Å². The number of ether oxygens (including phenoxy) is 1. The summed E-state index contributed by atoms with van der Waals surface area (Å²) in [6.07, 6.45) is 4.92. The monoisotopic (exact) mass is 334 g/mol. The molecule has 0 saturated heterocycles. The van der Waals surface area contributed by atoms with Crippen LogP contribution in [0, 0.1) is 0 Å². The molecule has 0 bridgehead atoms. The Labute approximate surface area is 148 Å². The van der Waals surface area contributed by atoms with E-state index in [9.17, 15) is 4.79 Å². The zero-order chi connectivity index (χ0) is 17.8. The van der Waals surface area contributed by atoms with Gasteiger partial charge in [-0.25, -0.2) is 0 Å².